The van der Waals surface area contributed by atoms with E-state index in [1.54, 1.807) is 0 Å². The third-order valence-electron chi connectivity index (χ3n) is 3.39. The lowest BCUT2D eigenvalue weighted by molar-refractivity contribution is -0.194. The smallest absolute Gasteiger partial charge is 0.157 e. The number of hydrogen-bond donors (Lipinski definition) is 0. The Morgan fingerprint density at radius 3 is 2.47 bits per heavy atom. The summed E-state index contributed by atoms with van der Waals surface area (Å²) >= 11 is 0. The summed E-state index contributed by atoms with van der Waals surface area (Å²) < 4.78 is 11.4. The predicted molar refractivity (Wildman–Crippen MR) is 56.5 cm³/mol. The van der Waals surface area contributed by atoms with Crippen LogP contribution in [0.15, 0.2) is 0 Å². The molecule has 1 saturated heterocycles. The standard InChI is InChI=1S/C12H20O3/c13-9-10-4-6-11(7-5-10)15-12-3-1-2-8-14-12/h9-12H,1-8H2. The van der Waals surface area contributed by atoms with Crippen LogP contribution in [0.3, 0.4) is 0 Å². The molecule has 0 aromatic rings. The molecule has 0 aromatic heterocycles. The molecule has 0 N–H and O–H groups in total. The van der Waals surface area contributed by atoms with Crippen LogP contribution in [-0.4, -0.2) is 25.3 Å². The molecule has 1 heterocycles. The fraction of sp³-hybridized carbons (Fsp3) is 0.917. The summed E-state index contributed by atoms with van der Waals surface area (Å²) in [4.78, 5) is 10.6. The first-order valence-electron chi connectivity index (χ1n) is 6.11. The molecule has 1 aliphatic carbocycles. The van der Waals surface area contributed by atoms with Crippen LogP contribution in [0.1, 0.15) is 44.9 Å². The van der Waals surface area contributed by atoms with Gasteiger partial charge in [-0.3, -0.25) is 0 Å². The maximum Gasteiger partial charge on any atom is 0.157 e. The highest BCUT2D eigenvalue weighted by Gasteiger charge is 2.25. The molecule has 2 fully saturated rings. The van der Waals surface area contributed by atoms with E-state index in [0.29, 0.717) is 6.10 Å². The summed E-state index contributed by atoms with van der Waals surface area (Å²) in [5, 5.41) is 0. The van der Waals surface area contributed by atoms with E-state index in [0.717, 1.165) is 51.4 Å². The molecule has 2 aliphatic rings. The maximum atomic E-state index is 10.6. The van der Waals surface area contributed by atoms with E-state index in [2.05, 4.69) is 0 Å². The molecule has 3 heteroatoms. The Bertz CT molecular complexity index is 191. The third kappa shape index (κ3) is 3.28. The van der Waals surface area contributed by atoms with E-state index in [4.69, 9.17) is 9.47 Å². The average molecular weight is 212 g/mol. The Balaban J connectivity index is 1.69. The topological polar surface area (TPSA) is 35.5 Å². The highest BCUT2D eigenvalue weighted by Crippen LogP contribution is 2.27. The zero-order valence-corrected chi connectivity index (χ0v) is 9.19. The van der Waals surface area contributed by atoms with Crippen molar-refractivity contribution in [2.45, 2.75) is 57.3 Å². The summed E-state index contributed by atoms with van der Waals surface area (Å²) in [5.41, 5.74) is 0. The third-order valence-corrected chi connectivity index (χ3v) is 3.39. The van der Waals surface area contributed by atoms with Crippen molar-refractivity contribution in [3.63, 3.8) is 0 Å². The summed E-state index contributed by atoms with van der Waals surface area (Å²) in [6.45, 7) is 0.842. The minimum absolute atomic E-state index is 0.0246. The summed E-state index contributed by atoms with van der Waals surface area (Å²) in [5.74, 6) is 0.275. The fourth-order valence-electron chi connectivity index (χ4n) is 2.39. The molecule has 0 aromatic carbocycles. The second-order valence-electron chi connectivity index (χ2n) is 4.61. The summed E-state index contributed by atoms with van der Waals surface area (Å²) in [6.07, 6.45) is 8.86. The van der Waals surface area contributed by atoms with Crippen molar-refractivity contribution in [3.8, 4) is 0 Å². The van der Waals surface area contributed by atoms with E-state index in [-0.39, 0.29) is 12.2 Å². The van der Waals surface area contributed by atoms with Crippen LogP contribution in [0, 0.1) is 5.92 Å². The van der Waals surface area contributed by atoms with E-state index in [1.807, 2.05) is 0 Å². The van der Waals surface area contributed by atoms with Gasteiger partial charge in [0.25, 0.3) is 0 Å². The number of rotatable bonds is 3. The van der Waals surface area contributed by atoms with Gasteiger partial charge in [0.2, 0.25) is 0 Å². The molecular formula is C12H20O3. The second kappa shape index (κ2) is 5.61. The van der Waals surface area contributed by atoms with Crippen LogP contribution in [0.25, 0.3) is 0 Å². The highest BCUT2D eigenvalue weighted by molar-refractivity contribution is 5.53. The molecule has 0 bridgehead atoms. The largest absolute Gasteiger partial charge is 0.353 e. The van der Waals surface area contributed by atoms with E-state index >= 15 is 0 Å². The van der Waals surface area contributed by atoms with Crippen LogP contribution in [0.4, 0.5) is 0 Å². The van der Waals surface area contributed by atoms with Crippen LogP contribution < -0.4 is 0 Å². The van der Waals surface area contributed by atoms with Crippen molar-refractivity contribution in [1.82, 2.24) is 0 Å². The molecular weight excluding hydrogens is 192 g/mol. The molecule has 0 spiro atoms. The lowest BCUT2D eigenvalue weighted by Gasteiger charge is -2.31. The van der Waals surface area contributed by atoms with Gasteiger partial charge >= 0.3 is 0 Å². The summed E-state index contributed by atoms with van der Waals surface area (Å²) in [7, 11) is 0. The minimum Gasteiger partial charge on any atom is -0.353 e. The number of hydrogen-bond acceptors (Lipinski definition) is 3. The zero-order valence-electron chi connectivity index (χ0n) is 9.19. The quantitative estimate of drug-likeness (QED) is 0.673. The van der Waals surface area contributed by atoms with Crippen LogP contribution >= 0.6 is 0 Å². The first-order chi connectivity index (χ1) is 7.38. The van der Waals surface area contributed by atoms with E-state index in [1.165, 1.54) is 6.42 Å². The molecule has 0 radical (unpaired) electrons. The Morgan fingerprint density at radius 1 is 1.07 bits per heavy atom. The molecule has 86 valence electrons. The molecule has 15 heavy (non-hydrogen) atoms. The Kier molecular flexibility index (Phi) is 4.15. The Morgan fingerprint density at radius 2 is 1.87 bits per heavy atom. The fourth-order valence-corrected chi connectivity index (χ4v) is 2.39. The van der Waals surface area contributed by atoms with Crippen molar-refractivity contribution in [3.05, 3.63) is 0 Å². The number of carbonyl (C=O) groups excluding carboxylic acids is 1. The van der Waals surface area contributed by atoms with Gasteiger partial charge in [-0.15, -0.1) is 0 Å². The first kappa shape index (κ1) is 11.1. The molecule has 1 saturated carbocycles. The van der Waals surface area contributed by atoms with Crippen molar-refractivity contribution in [2.24, 2.45) is 5.92 Å². The van der Waals surface area contributed by atoms with Gasteiger partial charge in [-0.25, -0.2) is 0 Å². The lowest BCUT2D eigenvalue weighted by Crippen LogP contribution is -2.30. The number of ether oxygens (including phenoxy) is 2. The van der Waals surface area contributed by atoms with Gasteiger partial charge in [0.15, 0.2) is 6.29 Å². The van der Waals surface area contributed by atoms with E-state index in [9.17, 15) is 4.79 Å². The molecule has 0 amide bonds. The van der Waals surface area contributed by atoms with Crippen LogP contribution in [0.2, 0.25) is 0 Å². The van der Waals surface area contributed by atoms with Crippen molar-refractivity contribution in [2.75, 3.05) is 6.61 Å². The molecule has 1 aliphatic heterocycles. The molecule has 2 rings (SSSR count). The summed E-state index contributed by atoms with van der Waals surface area (Å²) in [6, 6.07) is 0. The average Bonchev–Trinajstić information content (AvgIpc) is 2.31. The van der Waals surface area contributed by atoms with Gasteiger partial charge < -0.3 is 14.3 Å². The normalized spacial score (nSPS) is 37.5. The number of aldehydes is 1. The predicted octanol–water partition coefficient (Wildman–Crippen LogP) is 2.29. The Hall–Kier alpha value is -0.410. The monoisotopic (exact) mass is 212 g/mol. The second-order valence-corrected chi connectivity index (χ2v) is 4.61. The lowest BCUT2D eigenvalue weighted by atomic mass is 9.88. The molecule has 1 unspecified atom stereocenters. The number of carbonyl (C=O) groups is 1. The Labute approximate surface area is 91.1 Å². The van der Waals surface area contributed by atoms with Gasteiger partial charge in [-0.1, -0.05) is 0 Å². The maximum absolute atomic E-state index is 10.6. The zero-order chi connectivity index (χ0) is 10.5. The minimum atomic E-state index is 0.0246. The molecule has 1 atom stereocenters. The van der Waals surface area contributed by atoms with Gasteiger partial charge in [0.1, 0.15) is 6.29 Å². The molecule has 3 nitrogen and oxygen atoms in total. The van der Waals surface area contributed by atoms with Gasteiger partial charge in [-0.05, 0) is 44.9 Å². The van der Waals surface area contributed by atoms with Gasteiger partial charge in [0.05, 0.1) is 6.10 Å². The van der Waals surface area contributed by atoms with Crippen LogP contribution in [0.5, 0.6) is 0 Å². The van der Waals surface area contributed by atoms with Crippen molar-refractivity contribution >= 4 is 6.29 Å². The SMILES string of the molecule is O=CC1CCC(OC2CCCCO2)CC1. The van der Waals surface area contributed by atoms with Crippen molar-refractivity contribution < 1.29 is 14.3 Å². The van der Waals surface area contributed by atoms with Crippen LogP contribution in [-0.2, 0) is 14.3 Å². The highest BCUT2D eigenvalue weighted by atomic mass is 16.7. The first-order valence-corrected chi connectivity index (χ1v) is 6.11. The van der Waals surface area contributed by atoms with Gasteiger partial charge in [0, 0.05) is 12.5 Å². The van der Waals surface area contributed by atoms with E-state index < -0.39 is 0 Å². The van der Waals surface area contributed by atoms with Gasteiger partial charge in [-0.2, -0.15) is 0 Å². The van der Waals surface area contributed by atoms with Crippen molar-refractivity contribution in [1.29, 1.82) is 0 Å².